The van der Waals surface area contributed by atoms with E-state index in [1.165, 1.54) is 6.20 Å². The van der Waals surface area contributed by atoms with Gasteiger partial charge >= 0.3 is 0 Å². The number of aryl methyl sites for hydroxylation is 1. The molecule has 0 saturated heterocycles. The Morgan fingerprint density at radius 1 is 1.44 bits per heavy atom. The fraction of sp³-hybridized carbons (Fsp3) is 0.636. The summed E-state index contributed by atoms with van der Waals surface area (Å²) < 4.78 is 5.32. The number of rotatable bonds is 6. The minimum absolute atomic E-state index is 0.220. The fourth-order valence-electron chi connectivity index (χ4n) is 1.12. The first-order valence-electron chi connectivity index (χ1n) is 5.41. The molecular weight excluding hydrogens is 206 g/mol. The topological polar surface area (TPSA) is 67.3 Å². The van der Waals surface area contributed by atoms with E-state index in [2.05, 4.69) is 15.3 Å². The molecular formula is C11H19N3O2. The molecule has 0 bridgehead atoms. The molecule has 16 heavy (non-hydrogen) atoms. The van der Waals surface area contributed by atoms with E-state index >= 15 is 0 Å². The van der Waals surface area contributed by atoms with Crippen LogP contribution in [0.15, 0.2) is 12.4 Å². The van der Waals surface area contributed by atoms with Gasteiger partial charge in [-0.2, -0.15) is 0 Å². The molecule has 0 amide bonds. The van der Waals surface area contributed by atoms with Gasteiger partial charge in [0.2, 0.25) is 5.88 Å². The molecule has 1 unspecified atom stereocenters. The van der Waals surface area contributed by atoms with Crippen LogP contribution in [0, 0.1) is 6.92 Å². The molecule has 1 rings (SSSR count). The van der Waals surface area contributed by atoms with Gasteiger partial charge in [-0.15, -0.1) is 0 Å². The van der Waals surface area contributed by atoms with E-state index in [-0.39, 0.29) is 6.61 Å². The monoisotopic (exact) mass is 225 g/mol. The Kier molecular flexibility index (Phi) is 5.14. The second-order valence-corrected chi connectivity index (χ2v) is 4.03. The van der Waals surface area contributed by atoms with Crippen LogP contribution in [0.5, 0.6) is 5.88 Å². The van der Waals surface area contributed by atoms with E-state index in [1.807, 2.05) is 20.8 Å². The highest BCUT2D eigenvalue weighted by molar-refractivity contribution is 5.06. The minimum atomic E-state index is -0.537. The number of aliphatic hydroxyl groups excluding tert-OH is 1. The Morgan fingerprint density at radius 3 is 2.81 bits per heavy atom. The van der Waals surface area contributed by atoms with Gasteiger partial charge in [0.15, 0.2) is 0 Å². The molecule has 0 aliphatic heterocycles. The van der Waals surface area contributed by atoms with Crippen molar-refractivity contribution < 1.29 is 9.84 Å². The number of hydrogen-bond acceptors (Lipinski definition) is 5. The van der Waals surface area contributed by atoms with E-state index in [4.69, 9.17) is 4.74 Å². The Balaban J connectivity index is 2.28. The molecule has 0 fully saturated rings. The third kappa shape index (κ3) is 5.04. The second kappa shape index (κ2) is 6.40. The van der Waals surface area contributed by atoms with Crippen LogP contribution in [0.3, 0.4) is 0 Å². The first kappa shape index (κ1) is 12.9. The fourth-order valence-corrected chi connectivity index (χ4v) is 1.12. The summed E-state index contributed by atoms with van der Waals surface area (Å²) >= 11 is 0. The van der Waals surface area contributed by atoms with Crippen LogP contribution in [-0.2, 0) is 0 Å². The Hall–Kier alpha value is -1.20. The Morgan fingerprint density at radius 2 is 2.19 bits per heavy atom. The van der Waals surface area contributed by atoms with Crippen LogP contribution < -0.4 is 10.1 Å². The first-order chi connectivity index (χ1) is 7.58. The van der Waals surface area contributed by atoms with Crippen molar-refractivity contribution in [3.8, 4) is 5.88 Å². The van der Waals surface area contributed by atoms with Crippen molar-refractivity contribution >= 4 is 0 Å². The van der Waals surface area contributed by atoms with Crippen molar-refractivity contribution in [2.24, 2.45) is 0 Å². The average molecular weight is 225 g/mol. The SMILES string of the molecule is Cc1cncc(OCC(O)CNC(C)C)n1. The maximum absolute atomic E-state index is 9.59. The summed E-state index contributed by atoms with van der Waals surface area (Å²) in [6, 6.07) is 0.355. The van der Waals surface area contributed by atoms with Crippen LogP contribution in [0.2, 0.25) is 0 Å². The van der Waals surface area contributed by atoms with Crippen LogP contribution in [0.4, 0.5) is 0 Å². The predicted octanol–water partition coefficient (Wildman–Crippen LogP) is 0.523. The van der Waals surface area contributed by atoms with Gasteiger partial charge in [0.25, 0.3) is 0 Å². The highest BCUT2D eigenvalue weighted by atomic mass is 16.5. The van der Waals surface area contributed by atoms with Crippen molar-refractivity contribution in [1.29, 1.82) is 0 Å². The van der Waals surface area contributed by atoms with Crippen LogP contribution in [0.25, 0.3) is 0 Å². The van der Waals surface area contributed by atoms with Gasteiger partial charge in [0.1, 0.15) is 12.7 Å². The molecule has 0 radical (unpaired) electrons. The molecule has 1 heterocycles. The lowest BCUT2D eigenvalue weighted by atomic mass is 10.3. The van der Waals surface area contributed by atoms with Crippen LogP contribution in [0.1, 0.15) is 19.5 Å². The molecule has 0 saturated carbocycles. The van der Waals surface area contributed by atoms with E-state index < -0.39 is 6.10 Å². The summed E-state index contributed by atoms with van der Waals surface area (Å²) in [6.07, 6.45) is 2.66. The second-order valence-electron chi connectivity index (χ2n) is 4.03. The van der Waals surface area contributed by atoms with E-state index in [1.54, 1.807) is 6.20 Å². The molecule has 90 valence electrons. The zero-order valence-electron chi connectivity index (χ0n) is 9.97. The summed E-state index contributed by atoms with van der Waals surface area (Å²) in [5.41, 5.74) is 0.798. The normalized spacial score (nSPS) is 12.8. The van der Waals surface area contributed by atoms with Crippen molar-refractivity contribution in [3.05, 3.63) is 18.1 Å². The third-order valence-corrected chi connectivity index (χ3v) is 1.92. The van der Waals surface area contributed by atoms with Crippen molar-refractivity contribution in [1.82, 2.24) is 15.3 Å². The zero-order valence-corrected chi connectivity index (χ0v) is 9.97. The zero-order chi connectivity index (χ0) is 12.0. The van der Waals surface area contributed by atoms with Crippen molar-refractivity contribution in [3.63, 3.8) is 0 Å². The van der Waals surface area contributed by atoms with Crippen molar-refractivity contribution in [2.45, 2.75) is 32.9 Å². The smallest absolute Gasteiger partial charge is 0.232 e. The predicted molar refractivity (Wildman–Crippen MR) is 61.4 cm³/mol. The largest absolute Gasteiger partial charge is 0.474 e. The van der Waals surface area contributed by atoms with E-state index in [0.29, 0.717) is 18.5 Å². The summed E-state index contributed by atoms with van der Waals surface area (Å²) in [7, 11) is 0. The average Bonchev–Trinajstić information content (AvgIpc) is 2.23. The molecule has 1 aromatic heterocycles. The van der Waals surface area contributed by atoms with Gasteiger partial charge in [-0.25, -0.2) is 4.98 Å². The van der Waals surface area contributed by atoms with Gasteiger partial charge in [0, 0.05) is 18.8 Å². The molecule has 0 aromatic carbocycles. The Bertz CT molecular complexity index is 318. The summed E-state index contributed by atoms with van der Waals surface area (Å²) in [5.74, 6) is 0.448. The number of aromatic nitrogens is 2. The lowest BCUT2D eigenvalue weighted by Gasteiger charge is -2.14. The lowest BCUT2D eigenvalue weighted by Crippen LogP contribution is -2.35. The van der Waals surface area contributed by atoms with Crippen LogP contribution >= 0.6 is 0 Å². The van der Waals surface area contributed by atoms with Crippen molar-refractivity contribution in [2.75, 3.05) is 13.2 Å². The van der Waals surface area contributed by atoms with Gasteiger partial charge in [0.05, 0.1) is 11.9 Å². The molecule has 0 spiro atoms. The third-order valence-electron chi connectivity index (χ3n) is 1.92. The van der Waals surface area contributed by atoms with Gasteiger partial charge < -0.3 is 15.2 Å². The molecule has 1 aromatic rings. The molecule has 0 aliphatic carbocycles. The maximum Gasteiger partial charge on any atom is 0.232 e. The highest BCUT2D eigenvalue weighted by Crippen LogP contribution is 2.04. The maximum atomic E-state index is 9.59. The van der Waals surface area contributed by atoms with Gasteiger partial charge in [-0.3, -0.25) is 4.98 Å². The van der Waals surface area contributed by atoms with E-state index in [0.717, 1.165) is 5.69 Å². The molecule has 5 heteroatoms. The van der Waals surface area contributed by atoms with Crippen LogP contribution in [-0.4, -0.2) is 40.4 Å². The van der Waals surface area contributed by atoms with Gasteiger partial charge in [-0.05, 0) is 6.92 Å². The number of nitrogens with one attached hydrogen (secondary N) is 1. The quantitative estimate of drug-likeness (QED) is 0.739. The molecule has 5 nitrogen and oxygen atoms in total. The molecule has 0 aliphatic rings. The van der Waals surface area contributed by atoms with Gasteiger partial charge in [-0.1, -0.05) is 13.8 Å². The highest BCUT2D eigenvalue weighted by Gasteiger charge is 2.06. The standard InChI is InChI=1S/C11H19N3O2/c1-8(2)13-5-10(15)7-16-11-6-12-4-9(3)14-11/h4,6,8,10,13,15H,5,7H2,1-3H3. The minimum Gasteiger partial charge on any atom is -0.474 e. The number of aliphatic hydroxyl groups is 1. The van der Waals surface area contributed by atoms with E-state index in [9.17, 15) is 5.11 Å². The Labute approximate surface area is 95.9 Å². The lowest BCUT2D eigenvalue weighted by molar-refractivity contribution is 0.102. The number of nitrogens with zero attached hydrogens (tertiary/aromatic N) is 2. The summed E-state index contributed by atoms with van der Waals surface area (Å²) in [5, 5.41) is 12.7. The number of hydrogen-bond donors (Lipinski definition) is 2. The summed E-state index contributed by atoms with van der Waals surface area (Å²) in [4.78, 5) is 8.08. The summed E-state index contributed by atoms with van der Waals surface area (Å²) in [6.45, 7) is 6.63. The first-order valence-corrected chi connectivity index (χ1v) is 5.41. The number of ether oxygens (including phenoxy) is 1. The molecule has 2 N–H and O–H groups in total. The molecule has 1 atom stereocenters.